The number of benzene rings is 2. The highest BCUT2D eigenvalue weighted by molar-refractivity contribution is 5.99. The Morgan fingerprint density at radius 2 is 2.08 bits per heavy atom. The number of rotatable bonds is 3. The van der Waals surface area contributed by atoms with Gasteiger partial charge in [-0.3, -0.25) is 9.59 Å². The van der Waals surface area contributed by atoms with Gasteiger partial charge in [0.2, 0.25) is 11.8 Å². The van der Waals surface area contributed by atoms with Gasteiger partial charge in [0.05, 0.1) is 11.0 Å². The van der Waals surface area contributed by atoms with Gasteiger partial charge in [0.25, 0.3) is 0 Å². The molecule has 25 heavy (non-hydrogen) atoms. The summed E-state index contributed by atoms with van der Waals surface area (Å²) in [4.78, 5) is 28.2. The van der Waals surface area contributed by atoms with Crippen molar-refractivity contribution in [3.63, 3.8) is 0 Å². The van der Waals surface area contributed by atoms with E-state index in [1.54, 1.807) is 0 Å². The third kappa shape index (κ3) is 2.87. The summed E-state index contributed by atoms with van der Waals surface area (Å²) in [5.74, 6) is 0.577. The van der Waals surface area contributed by atoms with Gasteiger partial charge in [-0.2, -0.15) is 0 Å². The highest BCUT2D eigenvalue weighted by Gasteiger charge is 2.27. The van der Waals surface area contributed by atoms with Crippen LogP contribution in [-0.4, -0.2) is 27.4 Å². The number of carbonyl (C=O) groups excluding carboxylic acids is 2. The van der Waals surface area contributed by atoms with Gasteiger partial charge < -0.3 is 15.2 Å². The van der Waals surface area contributed by atoms with Crippen molar-refractivity contribution in [3.8, 4) is 11.4 Å². The van der Waals surface area contributed by atoms with Crippen LogP contribution in [-0.2, 0) is 16.6 Å². The van der Waals surface area contributed by atoms with Crippen molar-refractivity contribution in [1.82, 2.24) is 14.9 Å². The fourth-order valence-electron chi connectivity index (χ4n) is 3.18. The van der Waals surface area contributed by atoms with Crippen molar-refractivity contribution in [2.45, 2.75) is 18.9 Å². The maximum absolute atomic E-state index is 12.3. The van der Waals surface area contributed by atoms with Crippen LogP contribution in [0.15, 0.2) is 48.5 Å². The van der Waals surface area contributed by atoms with E-state index in [4.69, 9.17) is 0 Å². The van der Waals surface area contributed by atoms with E-state index in [-0.39, 0.29) is 11.8 Å². The fourth-order valence-corrected chi connectivity index (χ4v) is 3.18. The van der Waals surface area contributed by atoms with Crippen LogP contribution >= 0.6 is 0 Å². The molecule has 0 radical (unpaired) electrons. The van der Waals surface area contributed by atoms with Gasteiger partial charge in [-0.25, -0.2) is 4.98 Å². The molecule has 0 saturated carbocycles. The summed E-state index contributed by atoms with van der Waals surface area (Å²) in [5, 5.41) is 5.56. The molecule has 6 heteroatoms. The maximum atomic E-state index is 12.3. The number of aryl methyl sites for hydroxylation is 1. The largest absolute Gasteiger partial charge is 0.344 e. The van der Waals surface area contributed by atoms with Crippen LogP contribution in [0.4, 0.5) is 5.69 Å². The second-order valence-corrected chi connectivity index (χ2v) is 6.21. The highest BCUT2D eigenvalue weighted by Crippen LogP contribution is 2.25. The predicted molar refractivity (Wildman–Crippen MR) is 95.9 cm³/mol. The molecule has 2 heterocycles. The lowest BCUT2D eigenvalue weighted by Gasteiger charge is -2.12. The van der Waals surface area contributed by atoms with E-state index >= 15 is 0 Å². The summed E-state index contributed by atoms with van der Waals surface area (Å²) in [5.41, 5.74) is 3.60. The Morgan fingerprint density at radius 3 is 2.84 bits per heavy atom. The number of aromatic nitrogens is 2. The van der Waals surface area contributed by atoms with Crippen molar-refractivity contribution in [1.29, 1.82) is 0 Å². The normalized spacial score (nSPS) is 16.8. The molecule has 2 N–H and O–H groups in total. The second-order valence-electron chi connectivity index (χ2n) is 6.21. The second kappa shape index (κ2) is 6.05. The molecule has 0 unspecified atom stereocenters. The zero-order valence-corrected chi connectivity index (χ0v) is 13.8. The van der Waals surface area contributed by atoms with Gasteiger partial charge in [-0.1, -0.05) is 24.3 Å². The first kappa shape index (κ1) is 15.4. The standard InChI is InChI=1S/C19H18N4O2/c1-23-16-8-3-2-7-14(16)22-18(23)12-5-4-6-13(11-12)20-19(25)15-9-10-17(24)21-15/h2-8,11,15H,9-10H2,1H3,(H,20,25)(H,21,24)/t15-/m1/s1. The first-order valence-electron chi connectivity index (χ1n) is 8.24. The van der Waals surface area contributed by atoms with Crippen LogP contribution in [0.2, 0.25) is 0 Å². The molecule has 1 aromatic heterocycles. The molecule has 1 atom stereocenters. The lowest BCUT2D eigenvalue weighted by Crippen LogP contribution is -2.37. The molecule has 1 aliphatic rings. The lowest BCUT2D eigenvalue weighted by molar-refractivity contribution is -0.122. The van der Waals surface area contributed by atoms with Crippen LogP contribution in [0.3, 0.4) is 0 Å². The number of fused-ring (bicyclic) bond motifs is 1. The zero-order valence-electron chi connectivity index (χ0n) is 13.8. The third-order valence-electron chi connectivity index (χ3n) is 4.49. The van der Waals surface area contributed by atoms with Gasteiger partial charge in [-0.15, -0.1) is 0 Å². The molecule has 3 aromatic rings. The van der Waals surface area contributed by atoms with Crippen molar-refractivity contribution in [3.05, 3.63) is 48.5 Å². The molecular weight excluding hydrogens is 316 g/mol. The maximum Gasteiger partial charge on any atom is 0.246 e. The number of imidazole rings is 1. The van der Waals surface area contributed by atoms with Gasteiger partial charge in [0.1, 0.15) is 11.9 Å². The lowest BCUT2D eigenvalue weighted by atomic mass is 10.1. The van der Waals surface area contributed by atoms with E-state index in [9.17, 15) is 9.59 Å². The third-order valence-corrected chi connectivity index (χ3v) is 4.49. The van der Waals surface area contributed by atoms with Crippen LogP contribution in [0, 0.1) is 0 Å². The van der Waals surface area contributed by atoms with Gasteiger partial charge in [0.15, 0.2) is 0 Å². The average Bonchev–Trinajstić information content (AvgIpc) is 3.19. The number of para-hydroxylation sites is 2. The Balaban J connectivity index is 1.61. The molecule has 0 spiro atoms. The highest BCUT2D eigenvalue weighted by atomic mass is 16.2. The predicted octanol–water partition coefficient (Wildman–Crippen LogP) is 2.46. The van der Waals surface area contributed by atoms with Crippen LogP contribution in [0.25, 0.3) is 22.4 Å². The molecule has 6 nitrogen and oxygen atoms in total. The Bertz CT molecular complexity index is 976. The molecule has 1 saturated heterocycles. The van der Waals surface area contributed by atoms with Crippen LogP contribution in [0.5, 0.6) is 0 Å². The smallest absolute Gasteiger partial charge is 0.246 e. The zero-order chi connectivity index (χ0) is 17.4. The topological polar surface area (TPSA) is 76.0 Å². The number of nitrogens with zero attached hydrogens (tertiary/aromatic N) is 2. The fraction of sp³-hybridized carbons (Fsp3) is 0.211. The first-order valence-corrected chi connectivity index (χ1v) is 8.24. The van der Waals surface area contributed by atoms with E-state index in [1.807, 2.05) is 60.1 Å². The molecule has 126 valence electrons. The summed E-state index contributed by atoms with van der Waals surface area (Å²) in [6.45, 7) is 0. The molecule has 4 rings (SSSR count). The number of hydrogen-bond donors (Lipinski definition) is 2. The molecule has 0 bridgehead atoms. The number of amides is 2. The van der Waals surface area contributed by atoms with Gasteiger partial charge in [0, 0.05) is 24.7 Å². The van der Waals surface area contributed by atoms with E-state index < -0.39 is 6.04 Å². The summed E-state index contributed by atoms with van der Waals surface area (Å²) in [6.07, 6.45) is 0.938. The van der Waals surface area contributed by atoms with E-state index in [1.165, 1.54) is 0 Å². The van der Waals surface area contributed by atoms with Gasteiger partial charge >= 0.3 is 0 Å². The Hall–Kier alpha value is -3.15. The van der Waals surface area contributed by atoms with Crippen molar-refractivity contribution < 1.29 is 9.59 Å². The molecule has 2 amide bonds. The summed E-state index contributed by atoms with van der Waals surface area (Å²) in [7, 11) is 1.98. The Morgan fingerprint density at radius 1 is 1.24 bits per heavy atom. The van der Waals surface area contributed by atoms with Crippen molar-refractivity contribution in [2.75, 3.05) is 5.32 Å². The monoisotopic (exact) mass is 334 g/mol. The van der Waals surface area contributed by atoms with E-state index in [2.05, 4.69) is 15.6 Å². The minimum Gasteiger partial charge on any atom is -0.344 e. The average molecular weight is 334 g/mol. The Kier molecular flexibility index (Phi) is 3.72. The Labute approximate surface area is 144 Å². The molecule has 1 aliphatic heterocycles. The number of carbonyl (C=O) groups is 2. The quantitative estimate of drug-likeness (QED) is 0.772. The SMILES string of the molecule is Cn1c(-c2cccc(NC(=O)[C@H]3CCC(=O)N3)c2)nc2ccccc21. The molecule has 2 aromatic carbocycles. The minimum absolute atomic E-state index is 0.0754. The number of anilines is 1. The number of nitrogens with one attached hydrogen (secondary N) is 2. The van der Waals surface area contributed by atoms with E-state index in [0.29, 0.717) is 18.5 Å². The van der Waals surface area contributed by atoms with Gasteiger partial charge in [-0.05, 0) is 30.7 Å². The molecule has 1 fully saturated rings. The van der Waals surface area contributed by atoms with Crippen LogP contribution < -0.4 is 10.6 Å². The van der Waals surface area contributed by atoms with Crippen molar-refractivity contribution >= 4 is 28.5 Å². The van der Waals surface area contributed by atoms with Crippen LogP contribution in [0.1, 0.15) is 12.8 Å². The van der Waals surface area contributed by atoms with E-state index in [0.717, 1.165) is 22.4 Å². The number of hydrogen-bond acceptors (Lipinski definition) is 3. The van der Waals surface area contributed by atoms with Crippen molar-refractivity contribution in [2.24, 2.45) is 7.05 Å². The summed E-state index contributed by atoms with van der Waals surface area (Å²) < 4.78 is 2.04. The summed E-state index contributed by atoms with van der Waals surface area (Å²) in [6, 6.07) is 15.1. The molecule has 0 aliphatic carbocycles. The molecular formula is C19H18N4O2. The first-order chi connectivity index (χ1) is 12.1. The summed E-state index contributed by atoms with van der Waals surface area (Å²) >= 11 is 0. The minimum atomic E-state index is -0.452.